The molecule has 0 fully saturated rings. The lowest BCUT2D eigenvalue weighted by Crippen LogP contribution is -2.23. The summed E-state index contributed by atoms with van der Waals surface area (Å²) in [5.74, 6) is 1.12. The number of guanidine groups is 1. The van der Waals surface area contributed by atoms with E-state index in [0.29, 0.717) is 12.5 Å². The molecule has 1 aromatic heterocycles. The Kier molecular flexibility index (Phi) is 4.70. The minimum Gasteiger partial charge on any atom is -0.495 e. The maximum Gasteiger partial charge on any atom is 0.193 e. The van der Waals surface area contributed by atoms with Crippen molar-refractivity contribution in [3.63, 3.8) is 0 Å². The Labute approximate surface area is 141 Å². The normalized spacial score (nSPS) is 11.7. The molecule has 2 aromatic carbocycles. The highest BCUT2D eigenvalue weighted by molar-refractivity contribution is 5.93. The van der Waals surface area contributed by atoms with Crippen molar-refractivity contribution < 1.29 is 4.74 Å². The van der Waals surface area contributed by atoms with Crippen molar-refractivity contribution in [1.29, 1.82) is 0 Å². The number of methoxy groups -OCH3 is 1. The average molecular weight is 322 g/mol. The summed E-state index contributed by atoms with van der Waals surface area (Å²) < 4.78 is 5.29. The fourth-order valence-corrected chi connectivity index (χ4v) is 2.79. The van der Waals surface area contributed by atoms with Crippen molar-refractivity contribution >= 4 is 22.5 Å². The number of aliphatic imine (C=N–C) groups is 1. The predicted octanol–water partition coefficient (Wildman–Crippen LogP) is 3.45. The van der Waals surface area contributed by atoms with Gasteiger partial charge in [0.25, 0.3) is 0 Å². The number of nitrogens with two attached hydrogens (primary N) is 1. The van der Waals surface area contributed by atoms with Crippen LogP contribution < -0.4 is 15.8 Å². The quantitative estimate of drug-likeness (QED) is 0.497. The van der Waals surface area contributed by atoms with Crippen LogP contribution in [0.25, 0.3) is 10.9 Å². The second-order valence-corrected chi connectivity index (χ2v) is 5.65. The largest absolute Gasteiger partial charge is 0.495 e. The zero-order valence-corrected chi connectivity index (χ0v) is 14.0. The van der Waals surface area contributed by atoms with Crippen molar-refractivity contribution in [3.05, 3.63) is 59.8 Å². The first-order valence-corrected chi connectivity index (χ1v) is 7.94. The number of anilines is 1. The Morgan fingerprint density at radius 3 is 2.88 bits per heavy atom. The van der Waals surface area contributed by atoms with Gasteiger partial charge in [0.05, 0.1) is 12.8 Å². The number of aromatic nitrogens is 1. The first-order valence-electron chi connectivity index (χ1n) is 7.94. The van der Waals surface area contributed by atoms with Gasteiger partial charge in [-0.1, -0.05) is 30.3 Å². The van der Waals surface area contributed by atoms with E-state index in [2.05, 4.69) is 46.6 Å². The molecule has 0 aliphatic rings. The van der Waals surface area contributed by atoms with Gasteiger partial charge < -0.3 is 20.8 Å². The zero-order valence-electron chi connectivity index (χ0n) is 14.0. The van der Waals surface area contributed by atoms with E-state index in [9.17, 15) is 0 Å². The van der Waals surface area contributed by atoms with E-state index in [4.69, 9.17) is 10.5 Å². The molecule has 3 aromatic rings. The summed E-state index contributed by atoms with van der Waals surface area (Å²) in [4.78, 5) is 7.75. The third-order valence-corrected chi connectivity index (χ3v) is 4.04. The van der Waals surface area contributed by atoms with Gasteiger partial charge in [0.2, 0.25) is 0 Å². The minimum atomic E-state index is 0.385. The number of H-pyrrole nitrogens is 1. The average Bonchev–Trinajstić information content (AvgIpc) is 3.00. The van der Waals surface area contributed by atoms with Crippen LogP contribution in [0.2, 0.25) is 0 Å². The van der Waals surface area contributed by atoms with Gasteiger partial charge in [0.15, 0.2) is 5.96 Å². The number of para-hydroxylation sites is 3. The smallest absolute Gasteiger partial charge is 0.193 e. The lowest BCUT2D eigenvalue weighted by Gasteiger charge is -2.10. The van der Waals surface area contributed by atoms with E-state index in [-0.39, 0.29) is 0 Å². The lowest BCUT2D eigenvalue weighted by atomic mass is 10.1. The van der Waals surface area contributed by atoms with Crippen LogP contribution in [-0.4, -0.2) is 24.6 Å². The molecule has 0 unspecified atom stereocenters. The van der Waals surface area contributed by atoms with Crippen molar-refractivity contribution in [2.45, 2.75) is 13.3 Å². The molecule has 124 valence electrons. The Morgan fingerprint density at radius 1 is 1.21 bits per heavy atom. The summed E-state index contributed by atoms with van der Waals surface area (Å²) in [5.41, 5.74) is 10.5. The van der Waals surface area contributed by atoms with E-state index in [0.717, 1.165) is 17.9 Å². The molecule has 0 radical (unpaired) electrons. The number of hydrogen-bond acceptors (Lipinski definition) is 2. The molecule has 3 rings (SSSR count). The number of rotatable bonds is 5. The molecular weight excluding hydrogens is 300 g/mol. The summed E-state index contributed by atoms with van der Waals surface area (Å²) in [6.45, 7) is 2.73. The lowest BCUT2D eigenvalue weighted by molar-refractivity contribution is 0.417. The number of hydrogen-bond donors (Lipinski definition) is 3. The highest BCUT2D eigenvalue weighted by Crippen LogP contribution is 2.23. The van der Waals surface area contributed by atoms with E-state index < -0.39 is 0 Å². The monoisotopic (exact) mass is 322 g/mol. The van der Waals surface area contributed by atoms with Crippen molar-refractivity contribution in [3.8, 4) is 5.75 Å². The van der Waals surface area contributed by atoms with Crippen LogP contribution in [0.1, 0.15) is 11.1 Å². The third kappa shape index (κ3) is 3.35. The summed E-state index contributed by atoms with van der Waals surface area (Å²) in [6.07, 6.45) is 2.88. The second-order valence-electron chi connectivity index (χ2n) is 5.65. The number of ether oxygens (including phenoxy) is 1. The van der Waals surface area contributed by atoms with Gasteiger partial charge in [0, 0.05) is 23.6 Å². The molecule has 0 saturated carbocycles. The van der Waals surface area contributed by atoms with Crippen LogP contribution in [0.15, 0.2) is 53.7 Å². The van der Waals surface area contributed by atoms with E-state index in [1.54, 1.807) is 7.11 Å². The van der Waals surface area contributed by atoms with Crippen LogP contribution in [0.5, 0.6) is 5.75 Å². The fourth-order valence-electron chi connectivity index (χ4n) is 2.79. The van der Waals surface area contributed by atoms with Crippen molar-refractivity contribution in [2.75, 3.05) is 19.0 Å². The van der Waals surface area contributed by atoms with E-state index in [1.165, 1.54) is 22.0 Å². The molecule has 1 heterocycles. The maximum atomic E-state index is 5.98. The van der Waals surface area contributed by atoms with Crippen LogP contribution in [0, 0.1) is 6.92 Å². The molecule has 0 amide bonds. The van der Waals surface area contributed by atoms with Gasteiger partial charge >= 0.3 is 0 Å². The van der Waals surface area contributed by atoms with Crippen molar-refractivity contribution in [2.24, 2.45) is 10.7 Å². The summed E-state index contributed by atoms with van der Waals surface area (Å²) >= 11 is 0. The molecule has 0 aliphatic heterocycles. The highest BCUT2D eigenvalue weighted by Gasteiger charge is 2.05. The van der Waals surface area contributed by atoms with Gasteiger partial charge in [-0.05, 0) is 36.6 Å². The van der Waals surface area contributed by atoms with Gasteiger partial charge in [-0.2, -0.15) is 0 Å². The fraction of sp³-hybridized carbons (Fsp3) is 0.211. The number of benzene rings is 2. The third-order valence-electron chi connectivity index (χ3n) is 4.04. The predicted molar refractivity (Wildman–Crippen MR) is 99.8 cm³/mol. The Hall–Kier alpha value is -2.95. The summed E-state index contributed by atoms with van der Waals surface area (Å²) in [5, 5.41) is 4.33. The highest BCUT2D eigenvalue weighted by atomic mass is 16.5. The first-order chi connectivity index (χ1) is 11.7. The molecule has 4 N–H and O–H groups in total. The number of aryl methyl sites for hydroxylation is 1. The molecule has 0 saturated heterocycles. The van der Waals surface area contributed by atoms with Gasteiger partial charge in [-0.3, -0.25) is 4.99 Å². The topological polar surface area (TPSA) is 75.4 Å². The van der Waals surface area contributed by atoms with Crippen LogP contribution in [0.4, 0.5) is 5.69 Å². The van der Waals surface area contributed by atoms with Gasteiger partial charge in [0.1, 0.15) is 5.75 Å². The first kappa shape index (κ1) is 15.9. The van der Waals surface area contributed by atoms with Crippen LogP contribution in [-0.2, 0) is 6.42 Å². The molecule has 5 heteroatoms. The molecule has 5 nitrogen and oxygen atoms in total. The minimum absolute atomic E-state index is 0.385. The number of aromatic amines is 1. The van der Waals surface area contributed by atoms with E-state index in [1.807, 2.05) is 24.3 Å². The van der Waals surface area contributed by atoms with Crippen molar-refractivity contribution in [1.82, 2.24) is 4.98 Å². The SMILES string of the molecule is COc1ccccc1NC(N)=NCCc1c[nH]c2c(C)cccc12. The molecule has 0 aliphatic carbocycles. The van der Waals surface area contributed by atoms with Gasteiger partial charge in [-0.25, -0.2) is 0 Å². The number of nitrogens with one attached hydrogen (secondary N) is 2. The van der Waals surface area contributed by atoms with Crippen LogP contribution in [0.3, 0.4) is 0 Å². The molecule has 0 atom stereocenters. The molecule has 0 spiro atoms. The van der Waals surface area contributed by atoms with Crippen LogP contribution >= 0.6 is 0 Å². The zero-order chi connectivity index (χ0) is 16.9. The number of nitrogens with zero attached hydrogens (tertiary/aromatic N) is 1. The Morgan fingerprint density at radius 2 is 2.04 bits per heavy atom. The Bertz CT molecular complexity index is 867. The summed E-state index contributed by atoms with van der Waals surface area (Å²) in [6, 6.07) is 13.9. The molecule has 24 heavy (non-hydrogen) atoms. The summed E-state index contributed by atoms with van der Waals surface area (Å²) in [7, 11) is 1.63. The van der Waals surface area contributed by atoms with Gasteiger partial charge in [-0.15, -0.1) is 0 Å². The standard InChI is InChI=1S/C19H22N4O/c1-13-6-5-7-15-14(12-22-18(13)15)10-11-21-19(20)23-16-8-3-4-9-17(16)24-2/h3-9,12,22H,10-11H2,1-2H3,(H3,20,21,23). The second kappa shape index (κ2) is 7.08. The molecule has 0 bridgehead atoms. The van der Waals surface area contributed by atoms with E-state index >= 15 is 0 Å². The Balaban J connectivity index is 1.66. The maximum absolute atomic E-state index is 5.98. The number of fused-ring (bicyclic) bond motifs is 1. The molecular formula is C19H22N4O.